The molecule has 6 heteroatoms. The van der Waals surface area contributed by atoms with Crippen molar-refractivity contribution in [1.82, 2.24) is 9.97 Å². The van der Waals surface area contributed by atoms with Crippen LogP contribution in [0.2, 0.25) is 0 Å². The number of halogens is 1. The molecule has 2 aliphatic heterocycles. The van der Waals surface area contributed by atoms with E-state index in [1.54, 1.807) is 6.07 Å². The van der Waals surface area contributed by atoms with E-state index in [0.717, 1.165) is 56.7 Å². The van der Waals surface area contributed by atoms with E-state index >= 15 is 0 Å². The number of rotatable bonds is 3. The highest BCUT2D eigenvalue weighted by atomic mass is 19.1. The molecule has 0 aliphatic carbocycles. The van der Waals surface area contributed by atoms with Crippen LogP contribution in [0.15, 0.2) is 30.3 Å². The van der Waals surface area contributed by atoms with Crippen LogP contribution in [-0.2, 0) is 0 Å². The smallest absolute Gasteiger partial charge is 0.227 e. The summed E-state index contributed by atoms with van der Waals surface area (Å²) >= 11 is 0. The highest BCUT2D eigenvalue weighted by Gasteiger charge is 2.23. The number of hydrogen-bond acceptors (Lipinski definition) is 5. The quantitative estimate of drug-likeness (QED) is 0.828. The van der Waals surface area contributed by atoms with E-state index in [-0.39, 0.29) is 5.82 Å². The van der Waals surface area contributed by atoms with Gasteiger partial charge in [-0.05, 0) is 37.8 Å². The van der Waals surface area contributed by atoms with Crippen LogP contribution in [0.4, 0.5) is 21.8 Å². The average molecular weight is 369 g/mol. The number of para-hydroxylation sites is 1. The number of hydrogen-bond donors (Lipinski definition) is 0. The topological polar surface area (TPSA) is 35.5 Å². The van der Waals surface area contributed by atoms with Gasteiger partial charge in [0.05, 0.1) is 5.69 Å². The Morgan fingerprint density at radius 1 is 0.963 bits per heavy atom. The van der Waals surface area contributed by atoms with Crippen LogP contribution in [0.1, 0.15) is 25.5 Å². The maximum atomic E-state index is 14.1. The van der Waals surface area contributed by atoms with Crippen molar-refractivity contribution >= 4 is 17.5 Å². The lowest BCUT2D eigenvalue weighted by Crippen LogP contribution is -2.47. The Morgan fingerprint density at radius 2 is 1.70 bits per heavy atom. The number of piperidine rings is 1. The van der Waals surface area contributed by atoms with E-state index in [1.807, 2.05) is 19.1 Å². The standard InChI is InChI=1S/C21H28FN5/c1-16-6-5-9-27(15-16)21-23-17(2)14-20(24-21)26-12-10-25(11-13-26)19-8-4-3-7-18(19)22/h3-4,7-8,14,16H,5-6,9-13,15H2,1-2H3. The van der Waals surface area contributed by atoms with Crippen molar-refractivity contribution in [2.24, 2.45) is 5.92 Å². The second-order valence-electron chi connectivity index (χ2n) is 7.79. The monoisotopic (exact) mass is 369 g/mol. The minimum Gasteiger partial charge on any atom is -0.366 e. The first kappa shape index (κ1) is 18.0. The van der Waals surface area contributed by atoms with E-state index in [1.165, 1.54) is 18.9 Å². The van der Waals surface area contributed by atoms with Crippen molar-refractivity contribution in [3.8, 4) is 0 Å². The van der Waals surface area contributed by atoms with Crippen LogP contribution in [0.5, 0.6) is 0 Å². The van der Waals surface area contributed by atoms with E-state index in [0.29, 0.717) is 11.6 Å². The second kappa shape index (κ2) is 7.71. The third-order valence-electron chi connectivity index (χ3n) is 5.57. The molecule has 0 saturated carbocycles. The van der Waals surface area contributed by atoms with Crippen molar-refractivity contribution in [3.63, 3.8) is 0 Å². The Hall–Kier alpha value is -2.37. The van der Waals surface area contributed by atoms with Gasteiger partial charge in [-0.3, -0.25) is 0 Å². The van der Waals surface area contributed by atoms with Gasteiger partial charge in [-0.1, -0.05) is 19.1 Å². The van der Waals surface area contributed by atoms with Gasteiger partial charge in [0.1, 0.15) is 11.6 Å². The molecule has 1 unspecified atom stereocenters. The summed E-state index contributed by atoms with van der Waals surface area (Å²) in [6, 6.07) is 9.08. The van der Waals surface area contributed by atoms with Crippen molar-refractivity contribution in [2.75, 3.05) is 54.0 Å². The van der Waals surface area contributed by atoms with Crippen LogP contribution in [0.3, 0.4) is 0 Å². The molecule has 2 saturated heterocycles. The summed E-state index contributed by atoms with van der Waals surface area (Å²) in [4.78, 5) is 16.3. The molecular formula is C21H28FN5. The van der Waals surface area contributed by atoms with Gasteiger partial charge in [0.2, 0.25) is 5.95 Å². The van der Waals surface area contributed by atoms with Gasteiger partial charge in [-0.2, -0.15) is 4.98 Å². The van der Waals surface area contributed by atoms with E-state index < -0.39 is 0 Å². The van der Waals surface area contributed by atoms with E-state index in [4.69, 9.17) is 4.98 Å². The molecule has 0 bridgehead atoms. The Balaban J connectivity index is 1.47. The SMILES string of the molecule is Cc1cc(N2CCN(c3ccccc3F)CC2)nc(N2CCCC(C)C2)n1. The third-order valence-corrected chi connectivity index (χ3v) is 5.57. The summed E-state index contributed by atoms with van der Waals surface area (Å²) in [5.74, 6) is 2.39. The molecular weight excluding hydrogens is 341 g/mol. The molecule has 2 aliphatic rings. The van der Waals surface area contributed by atoms with Gasteiger partial charge < -0.3 is 14.7 Å². The van der Waals surface area contributed by atoms with Crippen molar-refractivity contribution in [1.29, 1.82) is 0 Å². The maximum Gasteiger partial charge on any atom is 0.227 e. The predicted octanol–water partition coefficient (Wildman–Crippen LogP) is 3.49. The fourth-order valence-electron chi connectivity index (χ4n) is 4.10. The van der Waals surface area contributed by atoms with Crippen molar-refractivity contribution in [2.45, 2.75) is 26.7 Å². The van der Waals surface area contributed by atoms with E-state index in [2.05, 4.69) is 32.7 Å². The van der Waals surface area contributed by atoms with Crippen LogP contribution < -0.4 is 14.7 Å². The largest absolute Gasteiger partial charge is 0.366 e. The fourth-order valence-corrected chi connectivity index (χ4v) is 4.10. The number of piperazine rings is 1. The highest BCUT2D eigenvalue weighted by molar-refractivity contribution is 5.51. The lowest BCUT2D eigenvalue weighted by molar-refractivity contribution is 0.441. The summed E-state index contributed by atoms with van der Waals surface area (Å²) in [7, 11) is 0. The summed E-state index contributed by atoms with van der Waals surface area (Å²) in [6.45, 7) is 9.65. The molecule has 144 valence electrons. The fraction of sp³-hybridized carbons (Fsp3) is 0.524. The zero-order chi connectivity index (χ0) is 18.8. The first-order chi connectivity index (χ1) is 13.1. The van der Waals surface area contributed by atoms with E-state index in [9.17, 15) is 4.39 Å². The zero-order valence-electron chi connectivity index (χ0n) is 16.2. The van der Waals surface area contributed by atoms with Crippen LogP contribution in [-0.4, -0.2) is 49.2 Å². The van der Waals surface area contributed by atoms with Gasteiger partial charge in [0.15, 0.2) is 0 Å². The van der Waals surface area contributed by atoms with Gasteiger partial charge in [0, 0.05) is 51.0 Å². The first-order valence-electron chi connectivity index (χ1n) is 9.95. The van der Waals surface area contributed by atoms with Crippen molar-refractivity contribution < 1.29 is 4.39 Å². The molecule has 0 amide bonds. The predicted molar refractivity (Wildman–Crippen MR) is 108 cm³/mol. The lowest BCUT2D eigenvalue weighted by atomic mass is 10.0. The van der Waals surface area contributed by atoms with Crippen LogP contribution in [0.25, 0.3) is 0 Å². The normalized spacial score (nSPS) is 20.9. The Morgan fingerprint density at radius 3 is 2.44 bits per heavy atom. The summed E-state index contributed by atoms with van der Waals surface area (Å²) in [6.07, 6.45) is 2.49. The number of aryl methyl sites for hydroxylation is 1. The molecule has 3 heterocycles. The minimum absolute atomic E-state index is 0.148. The second-order valence-corrected chi connectivity index (χ2v) is 7.79. The number of nitrogens with zero attached hydrogens (tertiary/aromatic N) is 5. The molecule has 0 radical (unpaired) electrons. The van der Waals surface area contributed by atoms with Gasteiger partial charge in [0.25, 0.3) is 0 Å². The number of benzene rings is 1. The number of aromatic nitrogens is 2. The van der Waals surface area contributed by atoms with Crippen molar-refractivity contribution in [3.05, 3.63) is 41.8 Å². The molecule has 1 aromatic heterocycles. The molecule has 2 fully saturated rings. The minimum atomic E-state index is -0.148. The zero-order valence-corrected chi connectivity index (χ0v) is 16.2. The Bertz CT molecular complexity index is 788. The number of anilines is 3. The van der Waals surface area contributed by atoms with Crippen LogP contribution in [0, 0.1) is 18.7 Å². The maximum absolute atomic E-state index is 14.1. The Kier molecular flexibility index (Phi) is 5.14. The summed E-state index contributed by atoms with van der Waals surface area (Å²) in [5, 5.41) is 0. The molecule has 5 nitrogen and oxygen atoms in total. The van der Waals surface area contributed by atoms with Gasteiger partial charge >= 0.3 is 0 Å². The van der Waals surface area contributed by atoms with Gasteiger partial charge in [-0.25, -0.2) is 9.37 Å². The third kappa shape index (κ3) is 3.99. The molecule has 4 rings (SSSR count). The summed E-state index contributed by atoms with van der Waals surface area (Å²) in [5.41, 5.74) is 1.70. The molecule has 1 atom stereocenters. The molecule has 27 heavy (non-hydrogen) atoms. The molecule has 0 spiro atoms. The average Bonchev–Trinajstić information content (AvgIpc) is 2.68. The summed E-state index contributed by atoms with van der Waals surface area (Å²) < 4.78 is 14.1. The molecule has 0 N–H and O–H groups in total. The highest BCUT2D eigenvalue weighted by Crippen LogP contribution is 2.25. The lowest BCUT2D eigenvalue weighted by Gasteiger charge is -2.37. The molecule has 2 aromatic rings. The first-order valence-corrected chi connectivity index (χ1v) is 9.95. The van der Waals surface area contributed by atoms with Crippen LogP contribution >= 0.6 is 0 Å². The Labute approximate surface area is 160 Å². The van der Waals surface area contributed by atoms with Gasteiger partial charge in [-0.15, -0.1) is 0 Å². The molecule has 1 aromatic carbocycles.